The molecule has 190 valence electrons. The lowest BCUT2D eigenvalue weighted by atomic mass is 9.93. The average Bonchev–Trinajstić information content (AvgIpc) is 3.23. The number of carbonyl (C=O) groups excluding carboxylic acids is 1. The van der Waals surface area contributed by atoms with Crippen LogP contribution < -0.4 is 4.90 Å². The fraction of sp³-hybridized carbons (Fsp3) is 0.267. The second-order valence-corrected chi connectivity index (χ2v) is 10.2. The number of nitrogens with zero attached hydrogens (tertiary/aromatic N) is 3. The molecule has 0 atom stereocenters. The van der Waals surface area contributed by atoms with Crippen LogP contribution >= 0.6 is 11.6 Å². The number of hydrogen-bond acceptors (Lipinski definition) is 4. The first-order chi connectivity index (χ1) is 17.9. The second kappa shape index (κ2) is 10.8. The smallest absolute Gasteiger partial charge is 0.226 e. The van der Waals surface area contributed by atoms with Gasteiger partial charge in [-0.1, -0.05) is 48.0 Å². The molecule has 3 aromatic carbocycles. The van der Waals surface area contributed by atoms with Crippen LogP contribution in [0.3, 0.4) is 0 Å². The molecule has 1 fully saturated rings. The number of anilines is 1. The molecule has 0 spiro atoms. The summed E-state index contributed by atoms with van der Waals surface area (Å²) in [7, 11) is 3.97. The van der Waals surface area contributed by atoms with Gasteiger partial charge in [-0.3, -0.25) is 4.79 Å². The topological polar surface area (TPSA) is 71.9 Å². The van der Waals surface area contributed by atoms with E-state index >= 15 is 0 Å². The van der Waals surface area contributed by atoms with Gasteiger partial charge in [-0.05, 0) is 75.3 Å². The summed E-state index contributed by atoms with van der Waals surface area (Å²) in [4.78, 5) is 24.9. The first-order valence-electron chi connectivity index (χ1n) is 12.6. The van der Waals surface area contributed by atoms with Crippen molar-refractivity contribution in [3.8, 4) is 5.88 Å². The van der Waals surface area contributed by atoms with Crippen molar-refractivity contribution in [2.24, 2.45) is 10.9 Å². The van der Waals surface area contributed by atoms with Crippen molar-refractivity contribution >= 4 is 45.5 Å². The summed E-state index contributed by atoms with van der Waals surface area (Å²) in [5.41, 5.74) is 4.44. The number of piperidine rings is 1. The predicted molar refractivity (Wildman–Crippen MR) is 151 cm³/mol. The predicted octanol–water partition coefficient (Wildman–Crippen LogP) is 6.39. The van der Waals surface area contributed by atoms with Gasteiger partial charge >= 0.3 is 0 Å². The Kier molecular flexibility index (Phi) is 7.31. The number of halogens is 1. The van der Waals surface area contributed by atoms with Crippen LogP contribution in [0.1, 0.15) is 30.4 Å². The van der Waals surface area contributed by atoms with E-state index in [1.54, 1.807) is 17.0 Å². The number of likely N-dealkylation sites (tertiary alicyclic amines) is 1. The number of aromatic hydroxyl groups is 1. The molecule has 0 unspecified atom stereocenters. The van der Waals surface area contributed by atoms with Crippen LogP contribution in [0, 0.1) is 5.92 Å². The minimum absolute atomic E-state index is 0.0377. The molecule has 1 amide bonds. The lowest BCUT2D eigenvalue weighted by Gasteiger charge is -2.29. The van der Waals surface area contributed by atoms with Gasteiger partial charge in [0.1, 0.15) is 0 Å². The van der Waals surface area contributed by atoms with Crippen molar-refractivity contribution in [1.29, 1.82) is 0 Å². The Bertz CT molecular complexity index is 1420. The molecule has 5 rings (SSSR count). The number of carbonyl (C=O) groups is 1. The Balaban J connectivity index is 1.43. The summed E-state index contributed by atoms with van der Waals surface area (Å²) in [6.07, 6.45) is 2.71. The number of H-pyrrole nitrogens is 1. The van der Waals surface area contributed by atoms with E-state index in [9.17, 15) is 9.90 Å². The molecule has 0 bridgehead atoms. The van der Waals surface area contributed by atoms with Crippen molar-refractivity contribution in [3.05, 3.63) is 88.9 Å². The van der Waals surface area contributed by atoms with Crippen molar-refractivity contribution < 1.29 is 9.90 Å². The molecule has 4 aromatic rings. The van der Waals surface area contributed by atoms with E-state index in [1.165, 1.54) is 0 Å². The van der Waals surface area contributed by atoms with E-state index in [0.717, 1.165) is 53.8 Å². The zero-order valence-corrected chi connectivity index (χ0v) is 21.9. The van der Waals surface area contributed by atoms with E-state index < -0.39 is 0 Å². The van der Waals surface area contributed by atoms with Crippen molar-refractivity contribution in [2.45, 2.75) is 19.3 Å². The van der Waals surface area contributed by atoms with Crippen LogP contribution in [-0.4, -0.2) is 53.8 Å². The minimum Gasteiger partial charge on any atom is -0.494 e. The number of hydrogen-bond donors (Lipinski definition) is 2. The number of aromatic amines is 1. The molecule has 0 radical (unpaired) electrons. The van der Waals surface area contributed by atoms with Crippen molar-refractivity contribution in [1.82, 2.24) is 9.88 Å². The van der Waals surface area contributed by atoms with Gasteiger partial charge in [0.15, 0.2) is 5.88 Å². The van der Waals surface area contributed by atoms with Crippen LogP contribution in [0.4, 0.5) is 11.4 Å². The Morgan fingerprint density at radius 1 is 1.08 bits per heavy atom. The molecule has 0 saturated carbocycles. The Labute approximate surface area is 222 Å². The maximum Gasteiger partial charge on any atom is 0.226 e. The average molecular weight is 515 g/mol. The van der Waals surface area contributed by atoms with Gasteiger partial charge in [0.05, 0.1) is 22.5 Å². The van der Waals surface area contributed by atoms with Crippen LogP contribution in [0.2, 0.25) is 5.02 Å². The molecule has 2 heterocycles. The molecule has 7 heteroatoms. The third-order valence-corrected chi connectivity index (χ3v) is 7.41. The van der Waals surface area contributed by atoms with E-state index in [4.69, 9.17) is 16.6 Å². The maximum absolute atomic E-state index is 12.9. The molecule has 0 aliphatic carbocycles. The molecule has 37 heavy (non-hydrogen) atoms. The first kappa shape index (κ1) is 25.1. The highest BCUT2D eigenvalue weighted by atomic mass is 35.5. The number of amides is 1. The molecule has 1 aliphatic rings. The van der Waals surface area contributed by atoms with Crippen molar-refractivity contribution in [3.63, 3.8) is 0 Å². The zero-order valence-electron chi connectivity index (χ0n) is 21.1. The standard InChI is InChI=1S/C30H31ClN4O2/c1-34-16-14-20(15-17-34)18-27(36)35(2)24-11-9-23(10-12-24)32-29(21-6-4-3-5-7-21)28-25-13-8-22(31)19-26(25)33-30(28)37/h3-13,19-20,33,37H,14-18H2,1-2H3. The van der Waals surface area contributed by atoms with Gasteiger partial charge in [-0.25, -0.2) is 4.99 Å². The van der Waals surface area contributed by atoms with E-state index in [1.807, 2.05) is 67.7 Å². The van der Waals surface area contributed by atoms with Crippen LogP contribution in [0.15, 0.2) is 77.8 Å². The van der Waals surface area contributed by atoms with Crippen molar-refractivity contribution in [2.75, 3.05) is 32.1 Å². The fourth-order valence-corrected chi connectivity index (χ4v) is 5.10. The first-order valence-corrected chi connectivity index (χ1v) is 13.0. The number of aliphatic imine (C=N–C) groups is 1. The highest BCUT2D eigenvalue weighted by Gasteiger charge is 2.22. The van der Waals surface area contributed by atoms with Gasteiger partial charge in [0.25, 0.3) is 0 Å². The highest BCUT2D eigenvalue weighted by Crippen LogP contribution is 2.33. The Morgan fingerprint density at radius 2 is 1.78 bits per heavy atom. The summed E-state index contributed by atoms with van der Waals surface area (Å²) in [5, 5.41) is 12.3. The number of benzene rings is 3. The minimum atomic E-state index is 0.0377. The van der Waals surface area contributed by atoms with Crippen LogP contribution in [0.5, 0.6) is 5.88 Å². The second-order valence-electron chi connectivity index (χ2n) is 9.78. The summed E-state index contributed by atoms with van der Waals surface area (Å²) in [6.45, 7) is 2.11. The summed E-state index contributed by atoms with van der Waals surface area (Å²) in [5.74, 6) is 0.621. The third kappa shape index (κ3) is 5.55. The molecular weight excluding hydrogens is 484 g/mol. The molecule has 1 aromatic heterocycles. The van der Waals surface area contributed by atoms with Crippen LogP contribution in [-0.2, 0) is 4.79 Å². The van der Waals surface area contributed by atoms with Crippen LogP contribution in [0.25, 0.3) is 10.9 Å². The van der Waals surface area contributed by atoms with E-state index in [-0.39, 0.29) is 11.8 Å². The molecule has 6 nitrogen and oxygen atoms in total. The lowest BCUT2D eigenvalue weighted by Crippen LogP contribution is -2.34. The number of rotatable bonds is 6. The Morgan fingerprint density at radius 3 is 2.49 bits per heavy atom. The molecule has 1 aliphatic heterocycles. The molecular formula is C30H31ClN4O2. The zero-order chi connectivity index (χ0) is 25.9. The summed E-state index contributed by atoms with van der Waals surface area (Å²) >= 11 is 6.17. The highest BCUT2D eigenvalue weighted by molar-refractivity contribution is 6.31. The van der Waals surface area contributed by atoms with E-state index in [2.05, 4.69) is 16.9 Å². The Hall–Kier alpha value is -3.61. The van der Waals surface area contributed by atoms with Gasteiger partial charge in [0, 0.05) is 35.1 Å². The van der Waals surface area contributed by atoms with E-state index in [0.29, 0.717) is 28.6 Å². The third-order valence-electron chi connectivity index (χ3n) is 7.18. The number of nitrogens with one attached hydrogen (secondary N) is 1. The summed E-state index contributed by atoms with van der Waals surface area (Å²) < 4.78 is 0. The quantitative estimate of drug-likeness (QED) is 0.293. The monoisotopic (exact) mass is 514 g/mol. The SMILES string of the molecule is CN1CCC(CC(=O)N(C)c2ccc(N=C(c3ccccc3)c3c(O)[nH]c4cc(Cl)ccc34)cc2)CC1. The normalized spacial score (nSPS) is 15.3. The van der Waals surface area contributed by atoms with Gasteiger partial charge in [-0.15, -0.1) is 0 Å². The molecule has 2 N–H and O–H groups in total. The lowest BCUT2D eigenvalue weighted by molar-refractivity contribution is -0.119. The number of fused-ring (bicyclic) bond motifs is 1. The van der Waals surface area contributed by atoms with Gasteiger partial charge in [0.2, 0.25) is 5.91 Å². The largest absolute Gasteiger partial charge is 0.494 e. The molecule has 1 saturated heterocycles. The maximum atomic E-state index is 12.9. The van der Waals surface area contributed by atoms with Gasteiger partial charge in [-0.2, -0.15) is 0 Å². The number of aromatic nitrogens is 1. The summed E-state index contributed by atoms with van der Waals surface area (Å²) in [6, 6.07) is 22.9. The fourth-order valence-electron chi connectivity index (χ4n) is 4.93. The van der Waals surface area contributed by atoms with Gasteiger partial charge < -0.3 is 19.9 Å².